The average molecular weight is 323 g/mol. The van der Waals surface area contributed by atoms with Crippen LogP contribution in [-0.2, 0) is 6.42 Å². The summed E-state index contributed by atoms with van der Waals surface area (Å²) in [5.74, 6) is -0.400. The maximum Gasteiger partial charge on any atom is 0.252 e. The number of carbonyl (C=O) groups is 1. The molecule has 0 spiro atoms. The van der Waals surface area contributed by atoms with E-state index in [0.717, 1.165) is 27.8 Å². The molecule has 0 radical (unpaired) electrons. The highest BCUT2D eigenvalue weighted by molar-refractivity contribution is 6.30. The number of aromatic nitrogens is 2. The van der Waals surface area contributed by atoms with Crippen LogP contribution in [-0.4, -0.2) is 30.3 Å². The summed E-state index contributed by atoms with van der Waals surface area (Å²) in [5.41, 5.74) is 4.96. The van der Waals surface area contributed by atoms with E-state index in [9.17, 15) is 9.18 Å². The minimum absolute atomic E-state index is 0.150. The Bertz CT molecular complexity index is 903. The number of nitrogens with zero attached hydrogens (tertiary/aromatic N) is 1. The molecule has 2 N–H and O–H groups in total. The molecule has 4 nitrogen and oxygen atoms in total. The van der Waals surface area contributed by atoms with Crippen LogP contribution in [0.2, 0.25) is 0 Å². The normalized spacial score (nSPS) is 11.0. The Hall–Kier alpha value is -2.63. The van der Waals surface area contributed by atoms with Crippen LogP contribution in [0, 0.1) is 19.7 Å². The van der Waals surface area contributed by atoms with Gasteiger partial charge in [0.2, 0.25) is 0 Å². The highest BCUT2D eigenvalue weighted by Gasteiger charge is 2.14. The van der Waals surface area contributed by atoms with Crippen molar-refractivity contribution in [3.05, 3.63) is 58.7 Å². The highest BCUT2D eigenvalue weighted by atomic mass is 19.1. The van der Waals surface area contributed by atoms with Gasteiger partial charge in [0, 0.05) is 23.8 Å². The number of H-pyrrole nitrogens is 1. The van der Waals surface area contributed by atoms with Gasteiger partial charge >= 0.3 is 0 Å². The second kappa shape index (κ2) is 6.47. The van der Waals surface area contributed by atoms with Gasteiger partial charge in [-0.15, -0.1) is 0 Å². The average Bonchev–Trinajstić information content (AvgIpc) is 2.90. The minimum Gasteiger partial charge on any atom is -0.356 e. The first-order valence-electron chi connectivity index (χ1n) is 7.94. The Balaban J connectivity index is 1.74. The molecular weight excluding hydrogens is 304 g/mol. The minimum atomic E-state index is -0.250. The number of benzene rings is 1. The van der Waals surface area contributed by atoms with E-state index in [4.69, 9.17) is 0 Å². The molecule has 3 rings (SSSR count). The number of pyridine rings is 1. The van der Waals surface area contributed by atoms with Gasteiger partial charge in [0.1, 0.15) is 5.82 Å². The quantitative estimate of drug-likeness (QED) is 0.716. The zero-order valence-electron chi connectivity index (χ0n) is 14.0. The molecule has 0 aliphatic heterocycles. The standard InChI is InChI=1S/C18H19BFN3O/c1-10-3-5-14(20)17-16(10)13(11(2)23-17)7-8-21-18(24)12-4-6-15(19)22-9-12/h3-6,9,23H,7-8,19H2,1-2H3,(H,21,24). The van der Waals surface area contributed by atoms with E-state index in [0.29, 0.717) is 24.0 Å². The smallest absolute Gasteiger partial charge is 0.252 e. The number of fused-ring (bicyclic) bond motifs is 1. The van der Waals surface area contributed by atoms with Gasteiger partial charge < -0.3 is 10.3 Å². The molecule has 3 aromatic rings. The van der Waals surface area contributed by atoms with Crippen molar-refractivity contribution in [1.82, 2.24) is 15.3 Å². The molecule has 0 bridgehead atoms. The van der Waals surface area contributed by atoms with Crippen molar-refractivity contribution in [3.63, 3.8) is 0 Å². The van der Waals surface area contributed by atoms with Gasteiger partial charge in [-0.05, 0) is 49.1 Å². The number of aryl methyl sites for hydroxylation is 2. The first-order chi connectivity index (χ1) is 11.5. The first-order valence-corrected chi connectivity index (χ1v) is 7.94. The Kier molecular flexibility index (Phi) is 4.38. The van der Waals surface area contributed by atoms with E-state index in [1.807, 2.05) is 27.8 Å². The Labute approximate surface area is 140 Å². The van der Waals surface area contributed by atoms with Crippen LogP contribution in [0.15, 0.2) is 30.5 Å². The lowest BCUT2D eigenvalue weighted by molar-refractivity contribution is 0.0954. The molecule has 0 unspecified atom stereocenters. The third-order valence-electron chi connectivity index (χ3n) is 4.26. The number of nitrogens with one attached hydrogen (secondary N) is 2. The topological polar surface area (TPSA) is 57.8 Å². The van der Waals surface area contributed by atoms with Crippen LogP contribution in [0.1, 0.15) is 27.2 Å². The monoisotopic (exact) mass is 323 g/mol. The SMILES string of the molecule is Bc1ccc(C(=O)NCCc2c(C)[nH]c3c(F)ccc(C)c23)cn1. The predicted octanol–water partition coefficient (Wildman–Crippen LogP) is 1.55. The number of aromatic amines is 1. The zero-order valence-corrected chi connectivity index (χ0v) is 14.0. The van der Waals surface area contributed by atoms with E-state index in [-0.39, 0.29) is 11.7 Å². The predicted molar refractivity (Wildman–Crippen MR) is 96.2 cm³/mol. The van der Waals surface area contributed by atoms with Crippen LogP contribution < -0.4 is 10.9 Å². The number of hydrogen-bond acceptors (Lipinski definition) is 2. The molecular formula is C18H19BFN3O. The van der Waals surface area contributed by atoms with Crippen LogP contribution in [0.5, 0.6) is 0 Å². The van der Waals surface area contributed by atoms with Gasteiger partial charge in [-0.2, -0.15) is 0 Å². The van der Waals surface area contributed by atoms with Crippen LogP contribution >= 0.6 is 0 Å². The van der Waals surface area contributed by atoms with E-state index in [1.54, 1.807) is 18.3 Å². The number of hydrogen-bond donors (Lipinski definition) is 2. The summed E-state index contributed by atoms with van der Waals surface area (Å²) >= 11 is 0. The van der Waals surface area contributed by atoms with Gasteiger partial charge in [-0.1, -0.05) is 12.1 Å². The fourth-order valence-corrected chi connectivity index (χ4v) is 2.96. The maximum atomic E-state index is 14.0. The second-order valence-electron chi connectivity index (χ2n) is 6.04. The van der Waals surface area contributed by atoms with Crippen molar-refractivity contribution in [2.75, 3.05) is 6.54 Å². The van der Waals surface area contributed by atoms with Crippen LogP contribution in [0.25, 0.3) is 10.9 Å². The third-order valence-corrected chi connectivity index (χ3v) is 4.26. The highest BCUT2D eigenvalue weighted by Crippen LogP contribution is 2.27. The van der Waals surface area contributed by atoms with E-state index in [2.05, 4.69) is 15.3 Å². The van der Waals surface area contributed by atoms with Gasteiger partial charge in [0.25, 0.3) is 5.91 Å². The summed E-state index contributed by atoms with van der Waals surface area (Å²) in [4.78, 5) is 19.4. The fraction of sp³-hybridized carbons (Fsp3) is 0.222. The summed E-state index contributed by atoms with van der Waals surface area (Å²) in [6, 6.07) is 6.83. The molecule has 1 amide bonds. The van der Waals surface area contributed by atoms with Crippen molar-refractivity contribution in [3.8, 4) is 0 Å². The zero-order chi connectivity index (χ0) is 17.3. The van der Waals surface area contributed by atoms with E-state index < -0.39 is 0 Å². The summed E-state index contributed by atoms with van der Waals surface area (Å²) in [6.45, 7) is 4.38. The molecule has 1 aromatic carbocycles. The third kappa shape index (κ3) is 3.04. The summed E-state index contributed by atoms with van der Waals surface area (Å²) in [6.07, 6.45) is 2.21. The largest absolute Gasteiger partial charge is 0.356 e. The molecule has 2 heterocycles. The van der Waals surface area contributed by atoms with Crippen molar-refractivity contribution in [1.29, 1.82) is 0 Å². The van der Waals surface area contributed by atoms with Gasteiger partial charge in [0.05, 0.1) is 11.1 Å². The molecule has 122 valence electrons. The van der Waals surface area contributed by atoms with Crippen molar-refractivity contribution < 1.29 is 9.18 Å². The van der Waals surface area contributed by atoms with E-state index in [1.165, 1.54) is 6.07 Å². The number of amides is 1. The molecule has 0 aliphatic carbocycles. The Morgan fingerprint density at radius 1 is 1.29 bits per heavy atom. The molecule has 0 atom stereocenters. The first kappa shape index (κ1) is 16.2. The number of rotatable bonds is 4. The Morgan fingerprint density at radius 3 is 2.79 bits per heavy atom. The molecule has 0 saturated heterocycles. The van der Waals surface area contributed by atoms with E-state index >= 15 is 0 Å². The number of halogens is 1. The fourth-order valence-electron chi connectivity index (χ4n) is 2.96. The van der Waals surface area contributed by atoms with Crippen molar-refractivity contribution in [2.45, 2.75) is 20.3 Å². The lowest BCUT2D eigenvalue weighted by Gasteiger charge is -2.07. The molecule has 0 aliphatic rings. The number of carbonyl (C=O) groups excluding carboxylic acids is 1. The molecule has 0 saturated carbocycles. The van der Waals surface area contributed by atoms with Gasteiger partial charge in [-0.25, -0.2) is 4.39 Å². The van der Waals surface area contributed by atoms with Gasteiger partial charge in [-0.3, -0.25) is 9.78 Å². The lowest BCUT2D eigenvalue weighted by atomic mass is 10.0. The van der Waals surface area contributed by atoms with Crippen molar-refractivity contribution in [2.24, 2.45) is 0 Å². The lowest BCUT2D eigenvalue weighted by Crippen LogP contribution is -2.26. The molecule has 6 heteroatoms. The second-order valence-corrected chi connectivity index (χ2v) is 6.04. The van der Waals surface area contributed by atoms with Crippen LogP contribution in [0.3, 0.4) is 0 Å². The van der Waals surface area contributed by atoms with Crippen molar-refractivity contribution >= 4 is 30.2 Å². The molecule has 0 fully saturated rings. The maximum absolute atomic E-state index is 14.0. The molecule has 2 aromatic heterocycles. The van der Waals surface area contributed by atoms with Crippen LogP contribution in [0.4, 0.5) is 4.39 Å². The van der Waals surface area contributed by atoms with Gasteiger partial charge in [0.15, 0.2) is 7.85 Å². The Morgan fingerprint density at radius 2 is 2.08 bits per heavy atom. The summed E-state index contributed by atoms with van der Waals surface area (Å²) in [5, 5.41) is 3.81. The summed E-state index contributed by atoms with van der Waals surface area (Å²) in [7, 11) is 1.88. The summed E-state index contributed by atoms with van der Waals surface area (Å²) < 4.78 is 14.0. The molecule has 24 heavy (non-hydrogen) atoms.